The van der Waals surface area contributed by atoms with Crippen LogP contribution in [0.3, 0.4) is 0 Å². The molecule has 0 saturated carbocycles. The molecule has 1 aliphatic heterocycles. The lowest BCUT2D eigenvalue weighted by Crippen LogP contribution is -2.42. The number of amides is 3. The number of aromatic nitrogens is 2. The van der Waals surface area contributed by atoms with E-state index in [2.05, 4.69) is 15.5 Å². The van der Waals surface area contributed by atoms with E-state index in [-0.39, 0.29) is 12.4 Å². The molecular formula is C21H18N4O4. The molecule has 8 nitrogen and oxygen atoms in total. The number of hydrogen-bond acceptors (Lipinski definition) is 6. The monoisotopic (exact) mass is 390 g/mol. The summed E-state index contributed by atoms with van der Waals surface area (Å²) >= 11 is 0. The summed E-state index contributed by atoms with van der Waals surface area (Å²) in [5.74, 6) is -0.797. The van der Waals surface area contributed by atoms with Gasteiger partial charge < -0.3 is 9.73 Å². The lowest BCUT2D eigenvalue weighted by atomic mass is 10.1. The minimum Gasteiger partial charge on any atom is -0.423 e. The highest BCUT2D eigenvalue weighted by Gasteiger charge is 2.36. The van der Waals surface area contributed by atoms with Gasteiger partial charge in [-0.05, 0) is 17.7 Å². The van der Waals surface area contributed by atoms with Gasteiger partial charge in [-0.3, -0.25) is 19.3 Å². The number of carbonyl (C=O) groups is 3. The molecule has 8 heteroatoms. The summed E-state index contributed by atoms with van der Waals surface area (Å²) in [5, 5.41) is 10.6. The first-order valence-corrected chi connectivity index (χ1v) is 9.11. The number of rotatable bonds is 6. The third-order valence-electron chi connectivity index (χ3n) is 4.64. The average molecular weight is 390 g/mol. The molecule has 0 aliphatic carbocycles. The maximum absolute atomic E-state index is 12.7. The largest absolute Gasteiger partial charge is 0.423 e. The number of nitrogens with zero attached hydrogens (tertiary/aromatic N) is 3. The van der Waals surface area contributed by atoms with Gasteiger partial charge in [-0.1, -0.05) is 42.5 Å². The van der Waals surface area contributed by atoms with E-state index >= 15 is 0 Å². The molecule has 0 bridgehead atoms. The van der Waals surface area contributed by atoms with E-state index in [0.29, 0.717) is 23.4 Å². The molecule has 1 unspecified atom stereocenters. The summed E-state index contributed by atoms with van der Waals surface area (Å²) in [6.07, 6.45) is 0.427. The number of aryl methyl sites for hydroxylation is 1. The Labute approximate surface area is 166 Å². The number of benzene rings is 2. The normalized spacial score (nSPS) is 14.0. The molecule has 0 radical (unpaired) electrons. The van der Waals surface area contributed by atoms with Gasteiger partial charge in [0.25, 0.3) is 11.8 Å². The Balaban J connectivity index is 1.50. The van der Waals surface area contributed by atoms with Crippen molar-refractivity contribution in [1.82, 2.24) is 20.4 Å². The summed E-state index contributed by atoms with van der Waals surface area (Å²) in [6.45, 7) is 1.28. The number of imide groups is 1. The quantitative estimate of drug-likeness (QED) is 0.646. The zero-order chi connectivity index (χ0) is 20.4. The van der Waals surface area contributed by atoms with Crippen LogP contribution in [-0.2, 0) is 11.2 Å². The Bertz CT molecular complexity index is 1040. The minimum absolute atomic E-state index is 0.266. The number of hydrogen-bond donors (Lipinski definition) is 1. The molecule has 1 atom stereocenters. The highest BCUT2D eigenvalue weighted by atomic mass is 16.4. The Morgan fingerprint density at radius 1 is 1.00 bits per heavy atom. The van der Waals surface area contributed by atoms with Gasteiger partial charge >= 0.3 is 0 Å². The molecule has 0 spiro atoms. The van der Waals surface area contributed by atoms with Crippen LogP contribution in [0.1, 0.15) is 44.1 Å². The third kappa shape index (κ3) is 3.77. The predicted molar refractivity (Wildman–Crippen MR) is 102 cm³/mol. The topological polar surface area (TPSA) is 105 Å². The van der Waals surface area contributed by atoms with Gasteiger partial charge in [-0.15, -0.1) is 10.2 Å². The molecule has 29 heavy (non-hydrogen) atoms. The van der Waals surface area contributed by atoms with Gasteiger partial charge in [-0.25, -0.2) is 0 Å². The first kappa shape index (κ1) is 18.5. The number of fused-ring (bicyclic) bond motifs is 1. The predicted octanol–water partition coefficient (Wildman–Crippen LogP) is 2.07. The molecule has 4 rings (SSSR count). The summed E-state index contributed by atoms with van der Waals surface area (Å²) in [6, 6.07) is 15.5. The molecule has 0 fully saturated rings. The van der Waals surface area contributed by atoms with Gasteiger partial charge in [-0.2, -0.15) is 0 Å². The smallest absolute Gasteiger partial charge is 0.262 e. The van der Waals surface area contributed by atoms with Crippen molar-refractivity contribution in [1.29, 1.82) is 0 Å². The van der Waals surface area contributed by atoms with Crippen molar-refractivity contribution in [3.63, 3.8) is 0 Å². The van der Waals surface area contributed by atoms with Gasteiger partial charge in [0.1, 0.15) is 12.6 Å². The maximum Gasteiger partial charge on any atom is 0.262 e. The van der Waals surface area contributed by atoms with Crippen LogP contribution >= 0.6 is 0 Å². The van der Waals surface area contributed by atoms with Gasteiger partial charge in [0.05, 0.1) is 11.1 Å². The molecule has 3 amide bonds. The first-order valence-electron chi connectivity index (χ1n) is 9.11. The van der Waals surface area contributed by atoms with Crippen molar-refractivity contribution in [2.75, 3.05) is 6.54 Å². The van der Waals surface area contributed by atoms with E-state index in [9.17, 15) is 14.4 Å². The summed E-state index contributed by atoms with van der Waals surface area (Å²) in [5.41, 5.74) is 1.58. The minimum atomic E-state index is -0.582. The Morgan fingerprint density at radius 2 is 1.62 bits per heavy atom. The highest BCUT2D eigenvalue weighted by Crippen LogP contribution is 2.22. The summed E-state index contributed by atoms with van der Waals surface area (Å²) in [4.78, 5) is 38.6. The number of carbonyl (C=O) groups excluding carboxylic acids is 3. The van der Waals surface area contributed by atoms with Gasteiger partial charge in [0.15, 0.2) is 0 Å². The van der Waals surface area contributed by atoms with E-state index in [1.54, 1.807) is 31.2 Å². The third-order valence-corrected chi connectivity index (χ3v) is 4.64. The van der Waals surface area contributed by atoms with Crippen LogP contribution in [-0.4, -0.2) is 39.4 Å². The standard InChI is InChI=1S/C21H18N4O4/c1-13-23-24-19(29-13)17(11-14-7-3-2-4-8-14)22-18(26)12-25-20(27)15-9-5-6-10-16(15)21(25)28/h2-10,17H,11-12H2,1H3,(H,22,26). The van der Waals surface area contributed by atoms with E-state index in [0.717, 1.165) is 10.5 Å². The molecule has 1 N–H and O–H groups in total. The summed E-state index contributed by atoms with van der Waals surface area (Å²) < 4.78 is 5.50. The molecule has 146 valence electrons. The summed E-state index contributed by atoms with van der Waals surface area (Å²) in [7, 11) is 0. The van der Waals surface area contributed by atoms with Crippen LogP contribution in [0.15, 0.2) is 59.0 Å². The van der Waals surface area contributed by atoms with Crippen molar-refractivity contribution >= 4 is 17.7 Å². The van der Waals surface area contributed by atoms with Crippen molar-refractivity contribution < 1.29 is 18.8 Å². The fourth-order valence-electron chi connectivity index (χ4n) is 3.27. The lowest BCUT2D eigenvalue weighted by molar-refractivity contribution is -0.122. The fourth-order valence-corrected chi connectivity index (χ4v) is 3.27. The van der Waals surface area contributed by atoms with E-state index in [1.807, 2.05) is 30.3 Å². The molecule has 1 aliphatic rings. The second kappa shape index (κ2) is 7.67. The van der Waals surface area contributed by atoms with Crippen LogP contribution in [0.25, 0.3) is 0 Å². The van der Waals surface area contributed by atoms with Crippen LogP contribution in [0, 0.1) is 6.92 Å². The van der Waals surface area contributed by atoms with Crippen molar-refractivity contribution in [3.05, 3.63) is 83.1 Å². The molecule has 2 aromatic carbocycles. The Hall–Kier alpha value is -3.81. The van der Waals surface area contributed by atoms with Crippen molar-refractivity contribution in [2.24, 2.45) is 0 Å². The maximum atomic E-state index is 12.7. The molecule has 2 heterocycles. The highest BCUT2D eigenvalue weighted by molar-refractivity contribution is 6.22. The zero-order valence-electron chi connectivity index (χ0n) is 15.7. The number of nitrogens with one attached hydrogen (secondary N) is 1. The molecule has 0 saturated heterocycles. The zero-order valence-corrected chi connectivity index (χ0v) is 15.7. The van der Waals surface area contributed by atoms with Crippen molar-refractivity contribution in [2.45, 2.75) is 19.4 Å². The second-order valence-corrected chi connectivity index (χ2v) is 6.71. The van der Waals surface area contributed by atoms with Crippen LogP contribution in [0.2, 0.25) is 0 Å². The van der Waals surface area contributed by atoms with Crippen molar-refractivity contribution in [3.8, 4) is 0 Å². The SMILES string of the molecule is Cc1nnc(C(Cc2ccccc2)NC(=O)CN2C(=O)c3ccccc3C2=O)o1. The van der Waals surface area contributed by atoms with E-state index < -0.39 is 23.8 Å². The molecule has 3 aromatic rings. The fraction of sp³-hybridized carbons (Fsp3) is 0.190. The Kier molecular flexibility index (Phi) is 4.90. The molecular weight excluding hydrogens is 372 g/mol. The van der Waals surface area contributed by atoms with E-state index in [1.165, 1.54) is 0 Å². The molecule has 1 aromatic heterocycles. The van der Waals surface area contributed by atoms with E-state index in [4.69, 9.17) is 4.42 Å². The lowest BCUT2D eigenvalue weighted by Gasteiger charge is -2.18. The van der Waals surface area contributed by atoms with Crippen LogP contribution in [0.5, 0.6) is 0 Å². The average Bonchev–Trinajstić information content (AvgIpc) is 3.26. The van der Waals surface area contributed by atoms with Gasteiger partial charge in [0.2, 0.25) is 17.7 Å². The first-order chi connectivity index (χ1) is 14.0. The Morgan fingerprint density at radius 3 is 2.21 bits per heavy atom. The second-order valence-electron chi connectivity index (χ2n) is 6.71. The van der Waals surface area contributed by atoms with Gasteiger partial charge in [0, 0.05) is 13.3 Å². The van der Waals surface area contributed by atoms with Crippen LogP contribution in [0.4, 0.5) is 0 Å². The van der Waals surface area contributed by atoms with Crippen LogP contribution < -0.4 is 5.32 Å².